The predicted octanol–water partition coefficient (Wildman–Crippen LogP) is 2.36. The van der Waals surface area contributed by atoms with E-state index in [9.17, 15) is 4.79 Å². The summed E-state index contributed by atoms with van der Waals surface area (Å²) in [6, 6.07) is 0.147. The van der Waals surface area contributed by atoms with E-state index < -0.39 is 5.60 Å². The van der Waals surface area contributed by atoms with E-state index >= 15 is 0 Å². The molecular weight excluding hydrogens is 290 g/mol. The largest absolute Gasteiger partial charge is 0.464 e. The van der Waals surface area contributed by atoms with Gasteiger partial charge in [0.05, 0.1) is 12.4 Å². The SMILES string of the molecule is CCOc1nc(Cl)nc(SCC(=O)OC(C)(C)C)n1. The molecule has 0 N–H and O–H groups in total. The average molecular weight is 306 g/mol. The fourth-order valence-corrected chi connectivity index (χ4v) is 1.87. The lowest BCUT2D eigenvalue weighted by Gasteiger charge is -2.19. The highest BCUT2D eigenvalue weighted by Crippen LogP contribution is 2.19. The molecule has 106 valence electrons. The van der Waals surface area contributed by atoms with Crippen molar-refractivity contribution in [2.45, 2.75) is 38.5 Å². The molecular formula is C11H16ClN3O3S. The van der Waals surface area contributed by atoms with Crippen LogP contribution in [0.5, 0.6) is 6.01 Å². The number of esters is 1. The van der Waals surface area contributed by atoms with Gasteiger partial charge in [0.1, 0.15) is 5.60 Å². The van der Waals surface area contributed by atoms with Crippen molar-refractivity contribution in [2.75, 3.05) is 12.4 Å². The van der Waals surface area contributed by atoms with Gasteiger partial charge in [-0.3, -0.25) is 4.79 Å². The first kappa shape index (κ1) is 16.0. The molecule has 0 saturated carbocycles. The molecule has 6 nitrogen and oxygen atoms in total. The third-order valence-electron chi connectivity index (χ3n) is 1.58. The molecule has 0 spiro atoms. The van der Waals surface area contributed by atoms with E-state index in [4.69, 9.17) is 21.1 Å². The van der Waals surface area contributed by atoms with Crippen LogP contribution in [-0.4, -0.2) is 38.9 Å². The van der Waals surface area contributed by atoms with Crippen LogP contribution in [0.2, 0.25) is 5.28 Å². The molecule has 0 bridgehead atoms. The molecule has 0 saturated heterocycles. The lowest BCUT2D eigenvalue weighted by Crippen LogP contribution is -2.25. The van der Waals surface area contributed by atoms with Crippen LogP contribution in [-0.2, 0) is 9.53 Å². The van der Waals surface area contributed by atoms with Crippen LogP contribution in [0, 0.1) is 0 Å². The molecule has 0 amide bonds. The molecule has 1 aromatic heterocycles. The van der Waals surface area contributed by atoms with Crippen molar-refractivity contribution in [3.8, 4) is 6.01 Å². The zero-order valence-electron chi connectivity index (χ0n) is 11.3. The molecule has 1 aromatic rings. The Bertz CT molecular complexity index is 451. The van der Waals surface area contributed by atoms with Gasteiger partial charge in [-0.15, -0.1) is 0 Å². The van der Waals surface area contributed by atoms with E-state index in [1.54, 1.807) is 0 Å². The number of hydrogen-bond donors (Lipinski definition) is 0. The molecule has 8 heteroatoms. The van der Waals surface area contributed by atoms with Gasteiger partial charge in [-0.05, 0) is 39.3 Å². The fraction of sp³-hybridized carbons (Fsp3) is 0.636. The number of nitrogens with zero attached hydrogens (tertiary/aromatic N) is 3. The number of hydrogen-bond acceptors (Lipinski definition) is 7. The van der Waals surface area contributed by atoms with Gasteiger partial charge in [-0.1, -0.05) is 11.8 Å². The normalized spacial score (nSPS) is 11.2. The molecule has 0 aliphatic carbocycles. The molecule has 0 fully saturated rings. The summed E-state index contributed by atoms with van der Waals surface area (Å²) in [5, 5.41) is 0.361. The number of halogens is 1. The number of carbonyl (C=O) groups is 1. The lowest BCUT2D eigenvalue weighted by molar-refractivity contribution is -0.151. The van der Waals surface area contributed by atoms with Crippen molar-refractivity contribution in [3.05, 3.63) is 5.28 Å². The standard InChI is InChI=1S/C11H16ClN3O3S/c1-5-17-9-13-8(12)14-10(15-9)19-6-7(16)18-11(2,3)4/h5-6H2,1-4H3. The van der Waals surface area contributed by atoms with Crippen LogP contribution in [0.3, 0.4) is 0 Å². The molecule has 1 heterocycles. The minimum absolute atomic E-state index is 0.0325. The Kier molecular flexibility index (Phi) is 5.81. The molecule has 19 heavy (non-hydrogen) atoms. The maximum absolute atomic E-state index is 11.5. The summed E-state index contributed by atoms with van der Waals surface area (Å²) in [5.41, 5.74) is -0.509. The van der Waals surface area contributed by atoms with E-state index in [0.717, 1.165) is 11.8 Å². The van der Waals surface area contributed by atoms with Crippen molar-refractivity contribution in [1.82, 2.24) is 15.0 Å². The summed E-state index contributed by atoms with van der Waals surface area (Å²) in [4.78, 5) is 23.3. The maximum atomic E-state index is 11.5. The zero-order valence-corrected chi connectivity index (χ0v) is 12.8. The first-order valence-corrected chi connectivity index (χ1v) is 7.05. The Morgan fingerprint density at radius 1 is 1.32 bits per heavy atom. The number of ether oxygens (including phenoxy) is 2. The second kappa shape index (κ2) is 6.91. The summed E-state index contributed by atoms with van der Waals surface area (Å²) in [6.07, 6.45) is 0. The second-order valence-electron chi connectivity index (χ2n) is 4.48. The summed E-state index contributed by atoms with van der Waals surface area (Å²) in [7, 11) is 0. The third kappa shape index (κ3) is 6.58. The van der Waals surface area contributed by atoms with E-state index in [2.05, 4.69) is 15.0 Å². The Hall–Kier alpha value is -1.08. The van der Waals surface area contributed by atoms with Crippen LogP contribution in [0.4, 0.5) is 0 Å². The first-order chi connectivity index (χ1) is 8.80. The maximum Gasteiger partial charge on any atom is 0.321 e. The predicted molar refractivity (Wildman–Crippen MR) is 72.6 cm³/mol. The second-order valence-corrected chi connectivity index (χ2v) is 5.76. The van der Waals surface area contributed by atoms with Crippen molar-refractivity contribution >= 4 is 29.3 Å². The van der Waals surface area contributed by atoms with E-state index in [1.165, 1.54) is 0 Å². The first-order valence-electron chi connectivity index (χ1n) is 5.69. The van der Waals surface area contributed by atoms with Crippen molar-refractivity contribution in [2.24, 2.45) is 0 Å². The van der Waals surface area contributed by atoms with Crippen LogP contribution in [0.25, 0.3) is 0 Å². The number of aromatic nitrogens is 3. The van der Waals surface area contributed by atoms with Crippen LogP contribution >= 0.6 is 23.4 Å². The quantitative estimate of drug-likeness (QED) is 0.610. The highest BCUT2D eigenvalue weighted by Gasteiger charge is 2.17. The fourth-order valence-electron chi connectivity index (χ4n) is 1.07. The molecule has 1 rings (SSSR count). The van der Waals surface area contributed by atoms with Gasteiger partial charge in [0, 0.05) is 0 Å². The zero-order chi connectivity index (χ0) is 14.5. The van der Waals surface area contributed by atoms with Crippen molar-refractivity contribution in [1.29, 1.82) is 0 Å². The van der Waals surface area contributed by atoms with E-state index in [0.29, 0.717) is 11.8 Å². The Morgan fingerprint density at radius 3 is 2.58 bits per heavy atom. The van der Waals surface area contributed by atoms with E-state index in [-0.39, 0.29) is 23.0 Å². The Morgan fingerprint density at radius 2 is 2.00 bits per heavy atom. The van der Waals surface area contributed by atoms with Crippen LogP contribution in [0.15, 0.2) is 5.16 Å². The summed E-state index contributed by atoms with van der Waals surface area (Å²) in [5.74, 6) is -0.240. The molecule has 0 aliphatic heterocycles. The summed E-state index contributed by atoms with van der Waals surface area (Å²) in [6.45, 7) is 7.66. The molecule has 0 unspecified atom stereocenters. The van der Waals surface area contributed by atoms with Crippen LogP contribution < -0.4 is 4.74 Å². The summed E-state index contributed by atoms with van der Waals surface area (Å²) >= 11 is 6.86. The minimum Gasteiger partial charge on any atom is -0.464 e. The number of thioether (sulfide) groups is 1. The topological polar surface area (TPSA) is 74.2 Å². The monoisotopic (exact) mass is 305 g/mol. The van der Waals surface area contributed by atoms with Gasteiger partial charge in [-0.2, -0.15) is 15.0 Å². The van der Waals surface area contributed by atoms with Gasteiger partial charge in [0.25, 0.3) is 0 Å². The number of carbonyl (C=O) groups excluding carboxylic acids is 1. The summed E-state index contributed by atoms with van der Waals surface area (Å²) < 4.78 is 10.3. The minimum atomic E-state index is -0.509. The highest BCUT2D eigenvalue weighted by molar-refractivity contribution is 7.99. The molecule has 0 radical (unpaired) electrons. The third-order valence-corrected chi connectivity index (χ3v) is 2.57. The highest BCUT2D eigenvalue weighted by atomic mass is 35.5. The van der Waals surface area contributed by atoms with Gasteiger partial charge >= 0.3 is 12.0 Å². The van der Waals surface area contributed by atoms with Gasteiger partial charge in [0.2, 0.25) is 5.28 Å². The molecule has 0 aliphatic rings. The van der Waals surface area contributed by atoms with Crippen LogP contribution in [0.1, 0.15) is 27.7 Å². The molecule has 0 atom stereocenters. The Labute approximate surface area is 121 Å². The Balaban J connectivity index is 2.60. The average Bonchev–Trinajstić information content (AvgIpc) is 2.24. The van der Waals surface area contributed by atoms with Gasteiger partial charge < -0.3 is 9.47 Å². The van der Waals surface area contributed by atoms with Crippen molar-refractivity contribution in [3.63, 3.8) is 0 Å². The number of rotatable bonds is 5. The van der Waals surface area contributed by atoms with Gasteiger partial charge in [0.15, 0.2) is 5.16 Å². The van der Waals surface area contributed by atoms with Gasteiger partial charge in [-0.25, -0.2) is 0 Å². The smallest absolute Gasteiger partial charge is 0.321 e. The van der Waals surface area contributed by atoms with E-state index in [1.807, 2.05) is 27.7 Å². The lowest BCUT2D eigenvalue weighted by atomic mass is 10.2. The van der Waals surface area contributed by atoms with Crippen molar-refractivity contribution < 1.29 is 14.3 Å². The molecule has 0 aromatic carbocycles.